The fraction of sp³-hybridized carbons (Fsp3) is 0.636. The van der Waals surface area contributed by atoms with Gasteiger partial charge in [0, 0.05) is 32.0 Å². The zero-order valence-corrected chi connectivity index (χ0v) is 16.8. The third kappa shape index (κ3) is 5.77. The molecule has 2 fully saturated rings. The first kappa shape index (κ1) is 20.8. The number of carbonyl (C=O) groups excluding carboxylic acids is 2. The number of nitrogens with one attached hydrogen (secondary N) is 2. The van der Waals surface area contributed by atoms with Crippen molar-refractivity contribution in [3.05, 3.63) is 35.6 Å². The van der Waals surface area contributed by atoms with Crippen molar-refractivity contribution in [3.63, 3.8) is 0 Å². The van der Waals surface area contributed by atoms with Gasteiger partial charge in [0.2, 0.25) is 11.8 Å². The van der Waals surface area contributed by atoms with Crippen molar-refractivity contribution >= 4 is 11.8 Å². The molecule has 2 unspecified atom stereocenters. The monoisotopic (exact) mass is 389 g/mol. The van der Waals surface area contributed by atoms with Crippen LogP contribution in [-0.4, -0.2) is 42.9 Å². The third-order valence-electron chi connectivity index (χ3n) is 6.23. The number of hydrogen-bond acceptors (Lipinski definition) is 3. The molecule has 3 rings (SSSR count). The lowest BCUT2D eigenvalue weighted by molar-refractivity contribution is -0.136. The molecule has 0 radical (unpaired) electrons. The molecular weight excluding hydrogens is 357 g/mol. The topological polar surface area (TPSA) is 61.4 Å². The van der Waals surface area contributed by atoms with Crippen molar-refractivity contribution in [2.75, 3.05) is 26.2 Å². The Kier molecular flexibility index (Phi) is 7.43. The Labute approximate surface area is 167 Å². The molecule has 2 saturated heterocycles. The highest BCUT2D eigenvalue weighted by Gasteiger charge is 2.29. The van der Waals surface area contributed by atoms with E-state index < -0.39 is 0 Å². The molecule has 0 saturated carbocycles. The highest BCUT2D eigenvalue weighted by molar-refractivity contribution is 5.80. The van der Waals surface area contributed by atoms with Crippen LogP contribution in [0.15, 0.2) is 24.3 Å². The minimum Gasteiger partial charge on any atom is -0.352 e. The maximum Gasteiger partial charge on any atom is 0.223 e. The number of carbonyl (C=O) groups is 2. The first-order chi connectivity index (χ1) is 13.5. The quantitative estimate of drug-likeness (QED) is 0.786. The van der Waals surface area contributed by atoms with Crippen LogP contribution in [0, 0.1) is 23.6 Å². The molecule has 0 aliphatic carbocycles. The van der Waals surface area contributed by atoms with E-state index >= 15 is 0 Å². The maximum absolute atomic E-state index is 12.9. The highest BCUT2D eigenvalue weighted by atomic mass is 19.1. The standard InChI is InChI=1S/C22H32FN3O2/c1-16(19-3-2-10-24-15-19)13-21(27)26-11-8-18(9-12-26)22(28)25-14-17-4-6-20(23)7-5-17/h4-7,16,18-19,24H,2-3,8-15H2,1H3,(H,25,28). The number of amides is 2. The van der Waals surface area contributed by atoms with E-state index in [4.69, 9.17) is 0 Å². The van der Waals surface area contributed by atoms with Crippen LogP contribution < -0.4 is 10.6 Å². The van der Waals surface area contributed by atoms with Gasteiger partial charge >= 0.3 is 0 Å². The highest BCUT2D eigenvalue weighted by Crippen LogP contribution is 2.25. The van der Waals surface area contributed by atoms with Gasteiger partial charge in [-0.2, -0.15) is 0 Å². The summed E-state index contributed by atoms with van der Waals surface area (Å²) >= 11 is 0. The van der Waals surface area contributed by atoms with Gasteiger partial charge < -0.3 is 15.5 Å². The van der Waals surface area contributed by atoms with Crippen molar-refractivity contribution in [1.29, 1.82) is 0 Å². The number of benzene rings is 1. The van der Waals surface area contributed by atoms with Crippen molar-refractivity contribution in [1.82, 2.24) is 15.5 Å². The molecule has 2 N–H and O–H groups in total. The Balaban J connectivity index is 1.38. The smallest absolute Gasteiger partial charge is 0.223 e. The molecule has 6 heteroatoms. The van der Waals surface area contributed by atoms with E-state index in [0.29, 0.717) is 50.7 Å². The fourth-order valence-corrected chi connectivity index (χ4v) is 4.26. The van der Waals surface area contributed by atoms with Gasteiger partial charge in [0.25, 0.3) is 0 Å². The lowest BCUT2D eigenvalue weighted by atomic mass is 9.85. The summed E-state index contributed by atoms with van der Waals surface area (Å²) < 4.78 is 12.9. The molecule has 2 aliphatic heterocycles. The van der Waals surface area contributed by atoms with Crippen LogP contribution >= 0.6 is 0 Å². The van der Waals surface area contributed by atoms with Crippen LogP contribution in [-0.2, 0) is 16.1 Å². The molecule has 1 aromatic rings. The fourth-order valence-electron chi connectivity index (χ4n) is 4.26. The first-order valence-electron chi connectivity index (χ1n) is 10.5. The second kappa shape index (κ2) is 10.0. The summed E-state index contributed by atoms with van der Waals surface area (Å²) in [7, 11) is 0. The van der Waals surface area contributed by atoms with E-state index in [9.17, 15) is 14.0 Å². The van der Waals surface area contributed by atoms with Gasteiger partial charge in [0.15, 0.2) is 0 Å². The molecular formula is C22H32FN3O2. The average Bonchev–Trinajstić information content (AvgIpc) is 2.73. The number of hydrogen-bond donors (Lipinski definition) is 2. The lowest BCUT2D eigenvalue weighted by Gasteiger charge is -2.34. The Morgan fingerprint density at radius 3 is 2.57 bits per heavy atom. The number of halogens is 1. The molecule has 2 atom stereocenters. The molecule has 28 heavy (non-hydrogen) atoms. The van der Waals surface area contributed by atoms with Crippen molar-refractivity contribution < 1.29 is 14.0 Å². The van der Waals surface area contributed by atoms with Gasteiger partial charge in [-0.3, -0.25) is 9.59 Å². The minimum absolute atomic E-state index is 0.0260. The lowest BCUT2D eigenvalue weighted by Crippen LogP contribution is -2.44. The first-order valence-corrected chi connectivity index (χ1v) is 10.5. The van der Waals surface area contributed by atoms with Crippen LogP contribution in [0.3, 0.4) is 0 Å². The summed E-state index contributed by atoms with van der Waals surface area (Å²) in [6.45, 7) is 6.02. The Morgan fingerprint density at radius 1 is 1.21 bits per heavy atom. The predicted octanol–water partition coefficient (Wildman–Crippen LogP) is 2.71. The van der Waals surface area contributed by atoms with E-state index in [1.807, 2.05) is 4.90 Å². The molecule has 2 amide bonds. The van der Waals surface area contributed by atoms with Crippen LogP contribution in [0.5, 0.6) is 0 Å². The van der Waals surface area contributed by atoms with Gasteiger partial charge in [0.05, 0.1) is 0 Å². The van der Waals surface area contributed by atoms with Crippen molar-refractivity contribution in [3.8, 4) is 0 Å². The molecule has 5 nitrogen and oxygen atoms in total. The molecule has 2 heterocycles. The Hall–Kier alpha value is -1.95. The van der Waals surface area contributed by atoms with E-state index in [1.165, 1.54) is 25.0 Å². The number of likely N-dealkylation sites (tertiary alicyclic amines) is 1. The summed E-state index contributed by atoms with van der Waals surface area (Å²) in [6.07, 6.45) is 4.42. The van der Waals surface area contributed by atoms with Crippen molar-refractivity contribution in [2.45, 2.75) is 45.6 Å². The zero-order chi connectivity index (χ0) is 19.9. The largest absolute Gasteiger partial charge is 0.352 e. The van der Waals surface area contributed by atoms with Gasteiger partial charge in [0.1, 0.15) is 5.82 Å². The van der Waals surface area contributed by atoms with E-state index in [-0.39, 0.29) is 23.5 Å². The van der Waals surface area contributed by atoms with Crippen molar-refractivity contribution in [2.24, 2.45) is 17.8 Å². The van der Waals surface area contributed by atoms with Gasteiger partial charge in [-0.15, -0.1) is 0 Å². The Bertz CT molecular complexity index is 650. The van der Waals surface area contributed by atoms with Crippen LogP contribution in [0.1, 0.15) is 44.6 Å². The third-order valence-corrected chi connectivity index (χ3v) is 6.23. The summed E-state index contributed by atoms with van der Waals surface area (Å²) in [4.78, 5) is 27.0. The number of piperidine rings is 2. The maximum atomic E-state index is 12.9. The van der Waals surface area contributed by atoms with Gasteiger partial charge in [-0.25, -0.2) is 4.39 Å². The Morgan fingerprint density at radius 2 is 1.93 bits per heavy atom. The minimum atomic E-state index is -0.277. The predicted molar refractivity (Wildman–Crippen MR) is 107 cm³/mol. The summed E-state index contributed by atoms with van der Waals surface area (Å²) in [5.74, 6) is 0.913. The van der Waals surface area contributed by atoms with Crippen LogP contribution in [0.4, 0.5) is 4.39 Å². The van der Waals surface area contributed by atoms with E-state index in [0.717, 1.165) is 18.7 Å². The van der Waals surface area contributed by atoms with E-state index in [2.05, 4.69) is 17.6 Å². The SMILES string of the molecule is CC(CC(=O)N1CCC(C(=O)NCc2ccc(F)cc2)CC1)C1CCCNC1. The molecule has 0 bridgehead atoms. The molecule has 1 aromatic carbocycles. The molecule has 0 spiro atoms. The number of rotatable bonds is 6. The van der Waals surface area contributed by atoms with Gasteiger partial charge in [-0.1, -0.05) is 19.1 Å². The molecule has 2 aliphatic rings. The normalized spacial score (nSPS) is 21.9. The van der Waals surface area contributed by atoms with Crippen LogP contribution in [0.2, 0.25) is 0 Å². The summed E-state index contributed by atoms with van der Waals surface area (Å²) in [6, 6.07) is 6.16. The summed E-state index contributed by atoms with van der Waals surface area (Å²) in [5, 5.41) is 6.36. The zero-order valence-electron chi connectivity index (χ0n) is 16.8. The molecule has 0 aromatic heterocycles. The average molecular weight is 390 g/mol. The van der Waals surface area contributed by atoms with E-state index in [1.54, 1.807) is 12.1 Å². The van der Waals surface area contributed by atoms with Gasteiger partial charge in [-0.05, 0) is 68.3 Å². The summed E-state index contributed by atoms with van der Waals surface area (Å²) in [5.41, 5.74) is 0.883. The second-order valence-corrected chi connectivity index (χ2v) is 8.29. The van der Waals surface area contributed by atoms with Crippen LogP contribution in [0.25, 0.3) is 0 Å². The molecule has 154 valence electrons. The second-order valence-electron chi connectivity index (χ2n) is 8.29. The number of nitrogens with zero attached hydrogens (tertiary/aromatic N) is 1.